The summed E-state index contributed by atoms with van der Waals surface area (Å²) in [5.41, 5.74) is 1.70. The van der Waals surface area contributed by atoms with Crippen molar-refractivity contribution in [3.8, 4) is 0 Å². The summed E-state index contributed by atoms with van der Waals surface area (Å²) in [4.78, 5) is 19.6. The number of aryl methyl sites for hydroxylation is 2. The zero-order valence-electron chi connectivity index (χ0n) is 9.04. The van der Waals surface area contributed by atoms with Gasteiger partial charge in [0.05, 0.1) is 4.83 Å². The number of aromatic nitrogens is 2. The van der Waals surface area contributed by atoms with Crippen molar-refractivity contribution >= 4 is 27.8 Å². The molecule has 0 aromatic carbocycles. The van der Waals surface area contributed by atoms with Crippen molar-refractivity contribution in [3.05, 3.63) is 17.5 Å². The maximum absolute atomic E-state index is 11.5. The first-order chi connectivity index (χ1) is 7.02. The Kier molecular flexibility index (Phi) is 4.20. The molecule has 0 bridgehead atoms. The van der Waals surface area contributed by atoms with Crippen LogP contribution in [0.3, 0.4) is 0 Å². The van der Waals surface area contributed by atoms with E-state index in [1.807, 2.05) is 26.8 Å². The van der Waals surface area contributed by atoms with Gasteiger partial charge in [0.25, 0.3) is 0 Å². The smallest absolute Gasteiger partial charge is 0.240 e. The summed E-state index contributed by atoms with van der Waals surface area (Å²) in [7, 11) is 0. The molecule has 1 heterocycles. The highest BCUT2D eigenvalue weighted by molar-refractivity contribution is 9.10. The number of hydrogen-bond acceptors (Lipinski definition) is 3. The summed E-state index contributed by atoms with van der Waals surface area (Å²) >= 11 is 3.27. The van der Waals surface area contributed by atoms with Crippen LogP contribution in [-0.4, -0.2) is 20.7 Å². The van der Waals surface area contributed by atoms with Gasteiger partial charge in [-0.1, -0.05) is 22.9 Å². The molecule has 1 aromatic heterocycles. The number of nitrogens with zero attached hydrogens (tertiary/aromatic N) is 2. The predicted molar refractivity (Wildman–Crippen MR) is 63.1 cm³/mol. The van der Waals surface area contributed by atoms with Crippen LogP contribution in [0.25, 0.3) is 0 Å². The van der Waals surface area contributed by atoms with Crippen molar-refractivity contribution < 1.29 is 4.79 Å². The SMILES string of the molecule is CCC(Br)C(=O)Nc1nc(C)cc(C)n1. The molecule has 0 spiro atoms. The van der Waals surface area contributed by atoms with E-state index in [-0.39, 0.29) is 10.7 Å². The highest BCUT2D eigenvalue weighted by Gasteiger charge is 2.13. The third-order valence-electron chi connectivity index (χ3n) is 1.86. The molecule has 4 nitrogen and oxygen atoms in total. The first-order valence-electron chi connectivity index (χ1n) is 4.80. The van der Waals surface area contributed by atoms with Crippen molar-refractivity contribution in [1.82, 2.24) is 9.97 Å². The zero-order chi connectivity index (χ0) is 11.4. The lowest BCUT2D eigenvalue weighted by molar-refractivity contribution is -0.115. The summed E-state index contributed by atoms with van der Waals surface area (Å²) < 4.78 is 0. The number of halogens is 1. The van der Waals surface area contributed by atoms with Crippen LogP contribution in [-0.2, 0) is 4.79 Å². The number of hydrogen-bond donors (Lipinski definition) is 1. The molecular formula is C10H14BrN3O. The summed E-state index contributed by atoms with van der Waals surface area (Å²) in [5.74, 6) is 0.262. The minimum absolute atomic E-state index is 0.109. The molecule has 0 aliphatic heterocycles. The maximum atomic E-state index is 11.5. The lowest BCUT2D eigenvalue weighted by Crippen LogP contribution is -2.23. The van der Waals surface area contributed by atoms with Gasteiger partial charge >= 0.3 is 0 Å². The fourth-order valence-corrected chi connectivity index (χ4v) is 1.27. The van der Waals surface area contributed by atoms with Gasteiger partial charge in [-0.25, -0.2) is 9.97 Å². The van der Waals surface area contributed by atoms with Crippen molar-refractivity contribution in [2.24, 2.45) is 0 Å². The Balaban J connectivity index is 2.76. The van der Waals surface area contributed by atoms with Gasteiger partial charge in [0, 0.05) is 11.4 Å². The van der Waals surface area contributed by atoms with Crippen LogP contribution in [0.5, 0.6) is 0 Å². The summed E-state index contributed by atoms with van der Waals surface area (Å²) in [5, 5.41) is 2.67. The number of amides is 1. The van der Waals surface area contributed by atoms with Crippen LogP contribution in [0.1, 0.15) is 24.7 Å². The number of alkyl halides is 1. The molecule has 0 fully saturated rings. The minimum atomic E-state index is -0.193. The largest absolute Gasteiger partial charge is 0.294 e. The minimum Gasteiger partial charge on any atom is -0.294 e. The summed E-state index contributed by atoms with van der Waals surface area (Å²) in [6.45, 7) is 5.67. The average molecular weight is 272 g/mol. The monoisotopic (exact) mass is 271 g/mol. The van der Waals surface area contributed by atoms with Crippen molar-refractivity contribution in [2.75, 3.05) is 5.32 Å². The van der Waals surface area contributed by atoms with E-state index in [2.05, 4.69) is 31.2 Å². The third-order valence-corrected chi connectivity index (χ3v) is 2.92. The molecule has 82 valence electrons. The van der Waals surface area contributed by atoms with E-state index in [9.17, 15) is 4.79 Å². The van der Waals surface area contributed by atoms with Gasteiger partial charge in [0.1, 0.15) is 0 Å². The Morgan fingerprint density at radius 1 is 1.47 bits per heavy atom. The Morgan fingerprint density at radius 2 is 2.00 bits per heavy atom. The van der Waals surface area contributed by atoms with E-state index in [4.69, 9.17) is 0 Å². The third kappa shape index (κ3) is 3.58. The maximum Gasteiger partial charge on any atom is 0.240 e. The first kappa shape index (κ1) is 12.1. The van der Waals surface area contributed by atoms with Crippen molar-refractivity contribution in [3.63, 3.8) is 0 Å². The molecule has 1 N–H and O–H groups in total. The van der Waals surface area contributed by atoms with Crippen LogP contribution in [0.15, 0.2) is 6.07 Å². The normalized spacial score (nSPS) is 12.3. The predicted octanol–water partition coefficient (Wildman–Crippen LogP) is 2.21. The molecule has 5 heteroatoms. The topological polar surface area (TPSA) is 54.9 Å². The number of anilines is 1. The average Bonchev–Trinajstić information content (AvgIpc) is 2.14. The quantitative estimate of drug-likeness (QED) is 0.858. The Hall–Kier alpha value is -0.970. The molecule has 0 saturated heterocycles. The molecule has 15 heavy (non-hydrogen) atoms. The van der Waals surface area contributed by atoms with Gasteiger partial charge in [-0.15, -0.1) is 0 Å². The number of nitrogens with one attached hydrogen (secondary N) is 1. The van der Waals surface area contributed by atoms with Crippen molar-refractivity contribution in [2.45, 2.75) is 32.0 Å². The molecule has 0 aliphatic rings. The molecule has 1 rings (SSSR count). The van der Waals surface area contributed by atoms with Crippen LogP contribution >= 0.6 is 15.9 Å². The second-order valence-electron chi connectivity index (χ2n) is 3.34. The lowest BCUT2D eigenvalue weighted by atomic mass is 10.3. The number of carbonyl (C=O) groups is 1. The first-order valence-corrected chi connectivity index (χ1v) is 5.71. The molecule has 0 aliphatic carbocycles. The molecule has 1 atom stereocenters. The van der Waals surface area contributed by atoms with Gasteiger partial charge in [0.15, 0.2) is 0 Å². The molecular weight excluding hydrogens is 258 g/mol. The van der Waals surface area contributed by atoms with E-state index in [0.29, 0.717) is 5.95 Å². The van der Waals surface area contributed by atoms with Crippen LogP contribution in [0.4, 0.5) is 5.95 Å². The van der Waals surface area contributed by atoms with Crippen LogP contribution in [0, 0.1) is 13.8 Å². The Morgan fingerprint density at radius 3 is 2.47 bits per heavy atom. The van der Waals surface area contributed by atoms with Gasteiger partial charge in [-0.05, 0) is 26.3 Å². The second kappa shape index (κ2) is 5.21. The molecule has 0 saturated carbocycles. The lowest BCUT2D eigenvalue weighted by Gasteiger charge is -2.08. The van der Waals surface area contributed by atoms with E-state index < -0.39 is 0 Å². The Labute approximate surface area is 97.6 Å². The van der Waals surface area contributed by atoms with Gasteiger partial charge in [-0.2, -0.15) is 0 Å². The van der Waals surface area contributed by atoms with E-state index in [0.717, 1.165) is 17.8 Å². The van der Waals surface area contributed by atoms with E-state index >= 15 is 0 Å². The highest BCUT2D eigenvalue weighted by atomic mass is 79.9. The van der Waals surface area contributed by atoms with E-state index in [1.165, 1.54) is 0 Å². The molecule has 1 unspecified atom stereocenters. The molecule has 0 radical (unpaired) electrons. The number of rotatable bonds is 3. The second-order valence-corrected chi connectivity index (χ2v) is 4.44. The van der Waals surface area contributed by atoms with Crippen LogP contribution < -0.4 is 5.32 Å². The Bertz CT molecular complexity index is 347. The van der Waals surface area contributed by atoms with Crippen LogP contribution in [0.2, 0.25) is 0 Å². The van der Waals surface area contributed by atoms with Crippen molar-refractivity contribution in [1.29, 1.82) is 0 Å². The standard InChI is InChI=1S/C10H14BrN3O/c1-4-8(11)9(15)14-10-12-6(2)5-7(3)13-10/h5,8H,4H2,1-3H3,(H,12,13,14,15). The molecule has 1 amide bonds. The fraction of sp³-hybridized carbons (Fsp3) is 0.500. The zero-order valence-corrected chi connectivity index (χ0v) is 10.6. The van der Waals surface area contributed by atoms with Gasteiger partial charge in [0.2, 0.25) is 11.9 Å². The highest BCUT2D eigenvalue weighted by Crippen LogP contribution is 2.09. The summed E-state index contributed by atoms with van der Waals surface area (Å²) in [6.07, 6.45) is 0.733. The molecule has 1 aromatic rings. The van der Waals surface area contributed by atoms with Gasteiger partial charge in [-0.3, -0.25) is 10.1 Å². The number of carbonyl (C=O) groups excluding carboxylic acids is 1. The summed E-state index contributed by atoms with van der Waals surface area (Å²) in [6, 6.07) is 1.86. The fourth-order valence-electron chi connectivity index (χ4n) is 1.16. The van der Waals surface area contributed by atoms with E-state index in [1.54, 1.807) is 0 Å². The van der Waals surface area contributed by atoms with Gasteiger partial charge < -0.3 is 0 Å².